The molecule has 0 unspecified atom stereocenters. The van der Waals surface area contributed by atoms with E-state index in [2.05, 4.69) is 55.3 Å². The van der Waals surface area contributed by atoms with Crippen molar-refractivity contribution in [2.24, 2.45) is 5.92 Å². The lowest BCUT2D eigenvalue weighted by molar-refractivity contribution is 0.500. The maximum atomic E-state index is 3.44. The lowest BCUT2D eigenvalue weighted by atomic mass is 10.0. The second-order valence-corrected chi connectivity index (χ2v) is 5.51. The minimum absolute atomic E-state index is 0.595. The molecule has 2 nitrogen and oxygen atoms in total. The highest BCUT2D eigenvalue weighted by molar-refractivity contribution is 5.50. The zero-order valence-electron chi connectivity index (χ0n) is 11.2. The fourth-order valence-corrected chi connectivity index (χ4v) is 2.56. The van der Waals surface area contributed by atoms with E-state index in [1.165, 1.54) is 17.7 Å². The molecule has 0 spiro atoms. The maximum absolute atomic E-state index is 3.44. The molecule has 1 aromatic carbocycles. The van der Waals surface area contributed by atoms with Crippen LogP contribution in [0.25, 0.3) is 0 Å². The van der Waals surface area contributed by atoms with Gasteiger partial charge in [0.15, 0.2) is 0 Å². The van der Waals surface area contributed by atoms with Gasteiger partial charge in [-0.2, -0.15) is 0 Å². The number of benzene rings is 1. The minimum Gasteiger partial charge on any atom is -0.366 e. The molecule has 2 heteroatoms. The molecule has 1 N–H and O–H groups in total. The van der Waals surface area contributed by atoms with E-state index < -0.39 is 0 Å². The van der Waals surface area contributed by atoms with Gasteiger partial charge in [-0.3, -0.25) is 0 Å². The first-order chi connectivity index (χ1) is 8.16. The first kappa shape index (κ1) is 12.4. The molecule has 0 aliphatic carbocycles. The summed E-state index contributed by atoms with van der Waals surface area (Å²) in [7, 11) is 0. The van der Waals surface area contributed by atoms with Crippen molar-refractivity contribution in [1.82, 2.24) is 5.32 Å². The predicted molar refractivity (Wildman–Crippen MR) is 74.7 cm³/mol. The molecule has 1 aliphatic heterocycles. The molecule has 0 amide bonds. The summed E-state index contributed by atoms with van der Waals surface area (Å²) in [6, 6.07) is 9.64. The smallest absolute Gasteiger partial charge is 0.0386 e. The topological polar surface area (TPSA) is 15.3 Å². The maximum Gasteiger partial charge on any atom is 0.0386 e. The number of anilines is 1. The highest BCUT2D eigenvalue weighted by atomic mass is 15.2. The Labute approximate surface area is 105 Å². The normalized spacial score (nSPS) is 20.9. The molecule has 2 rings (SSSR count). The van der Waals surface area contributed by atoms with Crippen LogP contribution in [0.2, 0.25) is 0 Å². The monoisotopic (exact) mass is 232 g/mol. The Bertz CT molecular complexity index is 360. The molecule has 0 aromatic heterocycles. The number of nitrogens with zero attached hydrogens (tertiary/aromatic N) is 1. The van der Waals surface area contributed by atoms with Gasteiger partial charge in [0.05, 0.1) is 0 Å². The second kappa shape index (κ2) is 5.54. The van der Waals surface area contributed by atoms with Gasteiger partial charge in [0.2, 0.25) is 0 Å². The molecule has 1 aliphatic rings. The van der Waals surface area contributed by atoms with Gasteiger partial charge in [0.25, 0.3) is 0 Å². The molecule has 17 heavy (non-hydrogen) atoms. The van der Waals surface area contributed by atoms with Crippen molar-refractivity contribution in [3.05, 3.63) is 29.8 Å². The van der Waals surface area contributed by atoms with Crippen LogP contribution in [-0.2, 0) is 6.42 Å². The first-order valence-corrected chi connectivity index (χ1v) is 6.73. The van der Waals surface area contributed by atoms with Crippen molar-refractivity contribution in [1.29, 1.82) is 0 Å². The van der Waals surface area contributed by atoms with Crippen LogP contribution in [0.3, 0.4) is 0 Å². The Morgan fingerprint density at radius 3 is 2.94 bits per heavy atom. The highest BCUT2D eigenvalue weighted by Gasteiger charge is 2.18. The summed E-state index contributed by atoms with van der Waals surface area (Å²) in [6.07, 6.45) is 1.17. The Morgan fingerprint density at radius 2 is 2.24 bits per heavy atom. The van der Waals surface area contributed by atoms with Crippen LogP contribution in [0.1, 0.15) is 26.3 Å². The Hall–Kier alpha value is -1.02. The van der Waals surface area contributed by atoms with E-state index in [1.807, 2.05) is 0 Å². The molecule has 0 saturated carbocycles. The summed E-state index contributed by atoms with van der Waals surface area (Å²) in [6.45, 7) is 10.2. The van der Waals surface area contributed by atoms with E-state index in [1.54, 1.807) is 0 Å². The molecule has 1 fully saturated rings. The van der Waals surface area contributed by atoms with Crippen molar-refractivity contribution >= 4 is 5.69 Å². The largest absolute Gasteiger partial charge is 0.366 e. The molecule has 94 valence electrons. The van der Waals surface area contributed by atoms with Crippen molar-refractivity contribution in [3.8, 4) is 0 Å². The third-order valence-electron chi connectivity index (χ3n) is 3.39. The van der Waals surface area contributed by atoms with Crippen molar-refractivity contribution in [2.45, 2.75) is 33.2 Å². The van der Waals surface area contributed by atoms with Crippen LogP contribution >= 0.6 is 0 Å². The standard InChI is InChI=1S/C15H24N2/c1-12(2)9-14-5-4-6-15(10-14)17-8-7-16-11-13(17)3/h4-6,10,12-13,16H,7-9,11H2,1-3H3/t13-/m0/s1. The molecule has 0 bridgehead atoms. The third kappa shape index (κ3) is 3.22. The average molecular weight is 232 g/mol. The Morgan fingerprint density at radius 1 is 1.41 bits per heavy atom. The zero-order valence-corrected chi connectivity index (χ0v) is 11.2. The van der Waals surface area contributed by atoms with E-state index in [4.69, 9.17) is 0 Å². The highest BCUT2D eigenvalue weighted by Crippen LogP contribution is 2.21. The quantitative estimate of drug-likeness (QED) is 0.862. The van der Waals surface area contributed by atoms with Crippen molar-refractivity contribution < 1.29 is 0 Å². The first-order valence-electron chi connectivity index (χ1n) is 6.73. The van der Waals surface area contributed by atoms with Crippen molar-refractivity contribution in [3.63, 3.8) is 0 Å². The van der Waals surface area contributed by atoms with Crippen LogP contribution in [-0.4, -0.2) is 25.7 Å². The van der Waals surface area contributed by atoms with Crippen LogP contribution in [0.5, 0.6) is 0 Å². The predicted octanol–water partition coefficient (Wildman–Crippen LogP) is 2.68. The number of hydrogen-bond donors (Lipinski definition) is 1. The molecule has 1 heterocycles. The lowest BCUT2D eigenvalue weighted by Crippen LogP contribution is -2.49. The molecular formula is C15H24N2. The summed E-state index contributed by atoms with van der Waals surface area (Å²) >= 11 is 0. The van der Waals surface area contributed by atoms with E-state index in [0.29, 0.717) is 6.04 Å². The fourth-order valence-electron chi connectivity index (χ4n) is 2.56. The van der Waals surface area contributed by atoms with E-state index >= 15 is 0 Å². The number of rotatable bonds is 3. The van der Waals surface area contributed by atoms with Gasteiger partial charge >= 0.3 is 0 Å². The Balaban J connectivity index is 2.14. The van der Waals surface area contributed by atoms with Gasteiger partial charge in [0, 0.05) is 31.4 Å². The van der Waals surface area contributed by atoms with Gasteiger partial charge in [-0.25, -0.2) is 0 Å². The van der Waals surface area contributed by atoms with Gasteiger partial charge in [-0.15, -0.1) is 0 Å². The molecule has 1 aromatic rings. The van der Waals surface area contributed by atoms with Gasteiger partial charge in [0.1, 0.15) is 0 Å². The summed E-state index contributed by atoms with van der Waals surface area (Å²) in [5.74, 6) is 0.727. The summed E-state index contributed by atoms with van der Waals surface area (Å²) in [4.78, 5) is 2.51. The van der Waals surface area contributed by atoms with Crippen LogP contribution < -0.4 is 10.2 Å². The van der Waals surface area contributed by atoms with Crippen LogP contribution in [0, 0.1) is 5.92 Å². The average Bonchev–Trinajstić information content (AvgIpc) is 2.29. The van der Waals surface area contributed by atoms with Crippen LogP contribution in [0.4, 0.5) is 5.69 Å². The number of piperazine rings is 1. The SMILES string of the molecule is CC(C)Cc1cccc(N2CCNC[C@@H]2C)c1. The fraction of sp³-hybridized carbons (Fsp3) is 0.600. The zero-order chi connectivity index (χ0) is 12.3. The van der Waals surface area contributed by atoms with E-state index in [0.717, 1.165) is 25.6 Å². The molecule has 0 radical (unpaired) electrons. The van der Waals surface area contributed by atoms with E-state index in [-0.39, 0.29) is 0 Å². The lowest BCUT2D eigenvalue weighted by Gasteiger charge is -2.36. The second-order valence-electron chi connectivity index (χ2n) is 5.51. The van der Waals surface area contributed by atoms with Gasteiger partial charge < -0.3 is 10.2 Å². The summed E-state index contributed by atoms with van der Waals surface area (Å²) in [5, 5.41) is 3.44. The minimum atomic E-state index is 0.595. The number of nitrogens with one attached hydrogen (secondary N) is 1. The Kier molecular flexibility index (Phi) is 4.06. The van der Waals surface area contributed by atoms with Crippen LogP contribution in [0.15, 0.2) is 24.3 Å². The molecular weight excluding hydrogens is 208 g/mol. The molecule has 1 saturated heterocycles. The summed E-state index contributed by atoms with van der Waals surface area (Å²) < 4.78 is 0. The van der Waals surface area contributed by atoms with Crippen molar-refractivity contribution in [2.75, 3.05) is 24.5 Å². The summed E-state index contributed by atoms with van der Waals surface area (Å²) in [5.41, 5.74) is 2.85. The van der Waals surface area contributed by atoms with E-state index in [9.17, 15) is 0 Å². The molecule has 1 atom stereocenters. The third-order valence-corrected chi connectivity index (χ3v) is 3.39. The number of hydrogen-bond acceptors (Lipinski definition) is 2. The van der Waals surface area contributed by atoms with Gasteiger partial charge in [-0.05, 0) is 37.0 Å². The van der Waals surface area contributed by atoms with Gasteiger partial charge in [-0.1, -0.05) is 26.0 Å².